The second-order valence-corrected chi connectivity index (χ2v) is 8.91. The minimum absolute atomic E-state index is 0.145. The normalized spacial score (nSPS) is 24.7. The third-order valence-corrected chi connectivity index (χ3v) is 6.58. The number of aryl methyl sites for hydroxylation is 1. The molecule has 5 atom stereocenters. The summed E-state index contributed by atoms with van der Waals surface area (Å²) >= 11 is 0. The summed E-state index contributed by atoms with van der Waals surface area (Å²) in [6.45, 7) is 1.19. The number of nitrogens with one attached hydrogen (secondary N) is 1. The Hall–Kier alpha value is -3.38. The molecule has 1 saturated heterocycles. The summed E-state index contributed by atoms with van der Waals surface area (Å²) in [4.78, 5) is 24.8. The van der Waals surface area contributed by atoms with Crippen LogP contribution in [0, 0.1) is 0 Å². The van der Waals surface area contributed by atoms with Gasteiger partial charge in [0.25, 0.3) is 0 Å². The van der Waals surface area contributed by atoms with Crippen molar-refractivity contribution < 1.29 is 43.8 Å². The van der Waals surface area contributed by atoms with Gasteiger partial charge >= 0.3 is 0 Å². The first kappa shape index (κ1) is 26.7. The van der Waals surface area contributed by atoms with Gasteiger partial charge in [0.15, 0.2) is 17.2 Å². The lowest BCUT2D eigenvalue weighted by Crippen LogP contribution is -2.54. The molecule has 4 N–H and O–H groups in total. The van der Waals surface area contributed by atoms with Crippen LogP contribution in [0.25, 0.3) is 11.1 Å². The molecule has 0 bridgehead atoms. The first-order valence-electron chi connectivity index (χ1n) is 11.8. The minimum atomic E-state index is -1.51. The number of aliphatic hydroxyl groups excluding tert-OH is 3. The van der Waals surface area contributed by atoms with Crippen LogP contribution in [0.4, 0.5) is 0 Å². The molecule has 37 heavy (non-hydrogen) atoms. The first-order valence-corrected chi connectivity index (χ1v) is 11.8. The maximum atomic E-state index is 12.8. The molecular formula is C26H31NO10. The van der Waals surface area contributed by atoms with E-state index in [9.17, 15) is 24.9 Å². The van der Waals surface area contributed by atoms with Crippen LogP contribution in [-0.2, 0) is 16.0 Å². The molecule has 1 heterocycles. The average molecular weight is 518 g/mol. The molecule has 2 aromatic rings. The van der Waals surface area contributed by atoms with E-state index in [-0.39, 0.29) is 35.2 Å². The SMILES string of the molecule is COc1c(O[C@H]2OC[C@H](O)[C@@H](O)[C@@H]2O)cc2c(c1OC)-c1ccc(OC)c(=O)cc1[C@@H](NC(C)=O)CC2. The smallest absolute Gasteiger partial charge is 0.229 e. The van der Waals surface area contributed by atoms with E-state index in [4.69, 9.17) is 23.7 Å². The van der Waals surface area contributed by atoms with E-state index in [0.717, 1.165) is 5.56 Å². The number of hydrogen-bond acceptors (Lipinski definition) is 10. The maximum absolute atomic E-state index is 12.8. The van der Waals surface area contributed by atoms with Gasteiger partial charge in [-0.15, -0.1) is 0 Å². The van der Waals surface area contributed by atoms with Gasteiger partial charge in [-0.05, 0) is 47.7 Å². The van der Waals surface area contributed by atoms with Gasteiger partial charge in [-0.25, -0.2) is 0 Å². The highest BCUT2D eigenvalue weighted by Gasteiger charge is 2.40. The van der Waals surface area contributed by atoms with Crippen molar-refractivity contribution in [2.45, 2.75) is 50.4 Å². The number of methoxy groups -OCH3 is 3. The third-order valence-electron chi connectivity index (χ3n) is 6.58. The molecule has 2 aliphatic rings. The number of ether oxygens (including phenoxy) is 5. The molecule has 0 unspecified atom stereocenters. The number of fused-ring (bicyclic) bond motifs is 3. The number of amides is 1. The van der Waals surface area contributed by atoms with Crippen LogP contribution in [0.5, 0.6) is 23.0 Å². The van der Waals surface area contributed by atoms with Crippen molar-refractivity contribution in [3.8, 4) is 34.1 Å². The highest BCUT2D eigenvalue weighted by molar-refractivity contribution is 5.83. The van der Waals surface area contributed by atoms with Gasteiger partial charge in [-0.1, -0.05) is 6.07 Å². The number of benzene rings is 1. The largest absolute Gasteiger partial charge is 0.493 e. The van der Waals surface area contributed by atoms with Gasteiger partial charge in [-0.2, -0.15) is 0 Å². The summed E-state index contributed by atoms with van der Waals surface area (Å²) in [6.07, 6.45) is -4.54. The Kier molecular flexibility index (Phi) is 7.88. The van der Waals surface area contributed by atoms with Crippen LogP contribution in [0.15, 0.2) is 29.1 Å². The fourth-order valence-electron chi connectivity index (χ4n) is 4.81. The third kappa shape index (κ3) is 5.08. The Morgan fingerprint density at radius 1 is 1.00 bits per heavy atom. The van der Waals surface area contributed by atoms with Gasteiger partial charge in [0.05, 0.1) is 34.0 Å². The van der Waals surface area contributed by atoms with Gasteiger partial charge in [0, 0.05) is 12.5 Å². The van der Waals surface area contributed by atoms with E-state index >= 15 is 0 Å². The Bertz CT molecular complexity index is 1230. The maximum Gasteiger partial charge on any atom is 0.229 e. The molecule has 2 aromatic carbocycles. The highest BCUT2D eigenvalue weighted by Crippen LogP contribution is 2.50. The van der Waals surface area contributed by atoms with Crippen molar-refractivity contribution in [1.82, 2.24) is 5.32 Å². The van der Waals surface area contributed by atoms with Crippen LogP contribution in [0.2, 0.25) is 0 Å². The van der Waals surface area contributed by atoms with Crippen LogP contribution in [0.1, 0.15) is 30.5 Å². The summed E-state index contributed by atoms with van der Waals surface area (Å²) in [7, 11) is 4.30. The van der Waals surface area contributed by atoms with Crippen molar-refractivity contribution in [2.24, 2.45) is 0 Å². The molecule has 1 aliphatic carbocycles. The van der Waals surface area contributed by atoms with Crippen LogP contribution in [0.3, 0.4) is 0 Å². The number of rotatable bonds is 6. The van der Waals surface area contributed by atoms with Gasteiger partial charge < -0.3 is 44.3 Å². The van der Waals surface area contributed by atoms with Gasteiger partial charge in [-0.3, -0.25) is 9.59 Å². The van der Waals surface area contributed by atoms with Crippen molar-refractivity contribution in [2.75, 3.05) is 27.9 Å². The molecule has 1 amide bonds. The zero-order valence-electron chi connectivity index (χ0n) is 21.0. The summed E-state index contributed by atoms with van der Waals surface area (Å²) in [5.41, 5.74) is 2.32. The second-order valence-electron chi connectivity index (χ2n) is 8.91. The lowest BCUT2D eigenvalue weighted by Gasteiger charge is -2.35. The molecule has 1 fully saturated rings. The predicted molar refractivity (Wildman–Crippen MR) is 131 cm³/mol. The Morgan fingerprint density at radius 2 is 1.73 bits per heavy atom. The topological polar surface area (TPSA) is 153 Å². The van der Waals surface area contributed by atoms with E-state index < -0.39 is 30.6 Å². The van der Waals surface area contributed by atoms with Crippen LogP contribution in [-0.4, -0.2) is 73.8 Å². The lowest BCUT2D eigenvalue weighted by atomic mass is 9.95. The standard InChI is InChI=1S/C26H31NO10/c1-12(28)27-16-7-5-13-9-20(37-26-23(32)22(31)18(30)11-36-26)24(34-3)25(35-4)21(13)14-6-8-19(33-2)17(29)10-15(14)16/h6,8-10,16,18,22-23,26,30-32H,5,7,11H2,1-4H3,(H,27,28)/t16-,18-,22+,23-,26+/m0/s1. The zero-order chi connectivity index (χ0) is 26.9. The Labute approximate surface area is 213 Å². The van der Waals surface area contributed by atoms with Gasteiger partial charge in [0.2, 0.25) is 23.4 Å². The molecule has 11 heteroatoms. The molecule has 1 aliphatic heterocycles. The second kappa shape index (κ2) is 10.9. The van der Waals surface area contributed by atoms with E-state index in [2.05, 4.69) is 5.32 Å². The molecule has 11 nitrogen and oxygen atoms in total. The van der Waals surface area contributed by atoms with Crippen LogP contribution < -0.4 is 29.7 Å². The molecular weight excluding hydrogens is 486 g/mol. The summed E-state index contributed by atoms with van der Waals surface area (Å²) in [5, 5.41) is 33.1. The fraction of sp³-hybridized carbons (Fsp3) is 0.462. The first-order chi connectivity index (χ1) is 17.7. The van der Waals surface area contributed by atoms with Crippen LogP contribution >= 0.6 is 0 Å². The molecule has 0 radical (unpaired) electrons. The molecule has 0 spiro atoms. The number of carbonyl (C=O) groups excluding carboxylic acids is 1. The monoisotopic (exact) mass is 517 g/mol. The fourth-order valence-corrected chi connectivity index (χ4v) is 4.81. The Morgan fingerprint density at radius 3 is 2.38 bits per heavy atom. The van der Waals surface area contributed by atoms with Crippen molar-refractivity contribution in [3.63, 3.8) is 0 Å². The molecule has 4 rings (SSSR count). The van der Waals surface area contributed by atoms with Crippen molar-refractivity contribution >= 4 is 5.91 Å². The zero-order valence-corrected chi connectivity index (χ0v) is 21.0. The Balaban J connectivity index is 1.90. The summed E-state index contributed by atoms with van der Waals surface area (Å²) in [5.74, 6) is 0.593. The highest BCUT2D eigenvalue weighted by atomic mass is 16.7. The van der Waals surface area contributed by atoms with E-state index in [1.54, 1.807) is 18.2 Å². The molecule has 0 saturated carbocycles. The molecule has 0 aromatic heterocycles. The quantitative estimate of drug-likeness (QED) is 0.430. The van der Waals surface area contributed by atoms with E-state index in [1.807, 2.05) is 0 Å². The average Bonchev–Trinajstić information content (AvgIpc) is 3.11. The minimum Gasteiger partial charge on any atom is -0.493 e. The predicted octanol–water partition coefficient (Wildman–Crippen LogP) is 0.681. The van der Waals surface area contributed by atoms with E-state index in [1.165, 1.54) is 34.3 Å². The molecule has 200 valence electrons. The van der Waals surface area contributed by atoms with E-state index in [0.29, 0.717) is 35.3 Å². The number of aliphatic hydroxyl groups is 3. The van der Waals surface area contributed by atoms with Crippen molar-refractivity contribution in [1.29, 1.82) is 0 Å². The van der Waals surface area contributed by atoms with Crippen molar-refractivity contribution in [3.05, 3.63) is 45.6 Å². The number of carbonyl (C=O) groups is 1. The summed E-state index contributed by atoms with van der Waals surface area (Å²) in [6, 6.07) is 6.01. The number of hydrogen-bond donors (Lipinski definition) is 4. The van der Waals surface area contributed by atoms with Gasteiger partial charge in [0.1, 0.15) is 18.3 Å². The lowest BCUT2D eigenvalue weighted by molar-refractivity contribution is -0.242. The summed E-state index contributed by atoms with van der Waals surface area (Å²) < 4.78 is 28.0.